The largest absolute Gasteiger partial charge is 0.477 e. The SMILES string of the molecule is CCOc1nc(NS(C)(=O)=O)nc2ccccc12. The summed E-state index contributed by atoms with van der Waals surface area (Å²) in [5.74, 6) is 0.383. The number of hydrogen-bond donors (Lipinski definition) is 1. The molecule has 0 fully saturated rings. The fourth-order valence-electron chi connectivity index (χ4n) is 1.51. The second-order valence-corrected chi connectivity index (χ2v) is 5.43. The van der Waals surface area contributed by atoms with E-state index in [4.69, 9.17) is 4.74 Å². The molecular formula is C11H13N3O3S. The van der Waals surface area contributed by atoms with E-state index < -0.39 is 10.0 Å². The summed E-state index contributed by atoms with van der Waals surface area (Å²) < 4.78 is 30.0. The smallest absolute Gasteiger partial charge is 0.240 e. The Morgan fingerprint density at radius 2 is 2.00 bits per heavy atom. The maximum absolute atomic E-state index is 11.2. The first-order valence-electron chi connectivity index (χ1n) is 5.37. The maximum Gasteiger partial charge on any atom is 0.240 e. The van der Waals surface area contributed by atoms with Gasteiger partial charge in [0.15, 0.2) is 0 Å². The molecule has 96 valence electrons. The van der Waals surface area contributed by atoms with Crippen LogP contribution in [0.2, 0.25) is 0 Å². The number of fused-ring (bicyclic) bond motifs is 1. The molecule has 7 heteroatoms. The molecule has 2 rings (SSSR count). The van der Waals surface area contributed by atoms with E-state index in [9.17, 15) is 8.42 Å². The number of para-hydroxylation sites is 1. The molecule has 0 amide bonds. The van der Waals surface area contributed by atoms with Gasteiger partial charge in [-0.15, -0.1) is 0 Å². The molecule has 6 nitrogen and oxygen atoms in total. The van der Waals surface area contributed by atoms with Gasteiger partial charge in [-0.3, -0.25) is 4.72 Å². The van der Waals surface area contributed by atoms with Crippen LogP contribution in [0.1, 0.15) is 6.92 Å². The molecule has 1 aromatic carbocycles. The van der Waals surface area contributed by atoms with E-state index in [0.717, 1.165) is 11.6 Å². The summed E-state index contributed by atoms with van der Waals surface area (Å²) in [7, 11) is -3.41. The number of nitrogens with zero attached hydrogens (tertiary/aromatic N) is 2. The van der Waals surface area contributed by atoms with Gasteiger partial charge in [0.05, 0.1) is 23.8 Å². The zero-order valence-corrected chi connectivity index (χ0v) is 10.9. The van der Waals surface area contributed by atoms with Crippen molar-refractivity contribution in [3.05, 3.63) is 24.3 Å². The summed E-state index contributed by atoms with van der Waals surface area (Å²) >= 11 is 0. The van der Waals surface area contributed by atoms with Crippen LogP contribution in [0.3, 0.4) is 0 Å². The minimum absolute atomic E-state index is 0.0136. The zero-order valence-electron chi connectivity index (χ0n) is 10.0. The van der Waals surface area contributed by atoms with Crippen molar-refractivity contribution in [3.8, 4) is 5.88 Å². The number of ether oxygens (including phenoxy) is 1. The van der Waals surface area contributed by atoms with Crippen LogP contribution in [-0.2, 0) is 10.0 Å². The second-order valence-electron chi connectivity index (χ2n) is 3.68. The van der Waals surface area contributed by atoms with E-state index in [-0.39, 0.29) is 5.95 Å². The van der Waals surface area contributed by atoms with E-state index in [0.29, 0.717) is 18.0 Å². The highest BCUT2D eigenvalue weighted by atomic mass is 32.2. The summed E-state index contributed by atoms with van der Waals surface area (Å²) in [5, 5.41) is 0.749. The van der Waals surface area contributed by atoms with Crippen molar-refractivity contribution in [1.29, 1.82) is 0 Å². The Labute approximate surface area is 105 Å². The van der Waals surface area contributed by atoms with Crippen molar-refractivity contribution < 1.29 is 13.2 Å². The van der Waals surface area contributed by atoms with Crippen molar-refractivity contribution in [3.63, 3.8) is 0 Å². The molecule has 1 aromatic heterocycles. The molecule has 0 aliphatic carbocycles. The first-order chi connectivity index (χ1) is 8.49. The lowest BCUT2D eigenvalue weighted by molar-refractivity contribution is 0.331. The average molecular weight is 267 g/mol. The Bertz CT molecular complexity index is 670. The van der Waals surface area contributed by atoms with Gasteiger partial charge in [0.1, 0.15) is 0 Å². The standard InChI is InChI=1S/C11H13N3O3S/c1-3-17-10-8-6-4-5-7-9(8)12-11(13-10)14-18(2,15)16/h4-7H,3H2,1-2H3,(H,12,13,14). The number of rotatable bonds is 4. The molecule has 0 saturated carbocycles. The van der Waals surface area contributed by atoms with Crippen LogP contribution in [-0.4, -0.2) is 31.2 Å². The van der Waals surface area contributed by atoms with Crippen LogP contribution in [0, 0.1) is 0 Å². The Kier molecular flexibility index (Phi) is 3.33. The Hall–Kier alpha value is -1.89. The van der Waals surface area contributed by atoms with Crippen molar-refractivity contribution >= 4 is 26.9 Å². The minimum Gasteiger partial charge on any atom is -0.477 e. The molecule has 0 radical (unpaired) electrons. The lowest BCUT2D eigenvalue weighted by atomic mass is 10.2. The van der Waals surface area contributed by atoms with Crippen LogP contribution >= 0.6 is 0 Å². The fraction of sp³-hybridized carbons (Fsp3) is 0.273. The first kappa shape index (κ1) is 12.6. The van der Waals surface area contributed by atoms with Gasteiger partial charge in [-0.25, -0.2) is 13.4 Å². The van der Waals surface area contributed by atoms with E-state index in [2.05, 4.69) is 14.7 Å². The molecule has 0 bridgehead atoms. The molecular weight excluding hydrogens is 254 g/mol. The van der Waals surface area contributed by atoms with Crippen LogP contribution < -0.4 is 9.46 Å². The third kappa shape index (κ3) is 2.86. The first-order valence-corrected chi connectivity index (χ1v) is 7.26. The van der Waals surface area contributed by atoms with E-state index in [1.807, 2.05) is 25.1 Å². The number of sulfonamides is 1. The van der Waals surface area contributed by atoms with Gasteiger partial charge >= 0.3 is 0 Å². The molecule has 1 N–H and O–H groups in total. The number of benzene rings is 1. The van der Waals surface area contributed by atoms with Crippen LogP contribution in [0.5, 0.6) is 5.88 Å². The Morgan fingerprint density at radius 1 is 1.28 bits per heavy atom. The van der Waals surface area contributed by atoms with Gasteiger partial charge in [0.2, 0.25) is 21.9 Å². The lowest BCUT2D eigenvalue weighted by Crippen LogP contribution is -2.13. The number of hydrogen-bond acceptors (Lipinski definition) is 5. The summed E-state index contributed by atoms with van der Waals surface area (Å²) in [5.41, 5.74) is 0.627. The maximum atomic E-state index is 11.2. The molecule has 0 spiro atoms. The highest BCUT2D eigenvalue weighted by Crippen LogP contribution is 2.23. The van der Waals surface area contributed by atoms with E-state index in [1.54, 1.807) is 6.07 Å². The predicted molar refractivity (Wildman–Crippen MR) is 69.2 cm³/mol. The molecule has 0 atom stereocenters. The summed E-state index contributed by atoms with van der Waals surface area (Å²) in [4.78, 5) is 8.17. The van der Waals surface area contributed by atoms with Crippen molar-refractivity contribution in [1.82, 2.24) is 9.97 Å². The van der Waals surface area contributed by atoms with Crippen molar-refractivity contribution in [2.75, 3.05) is 17.6 Å². The minimum atomic E-state index is -3.41. The predicted octanol–water partition coefficient (Wildman–Crippen LogP) is 1.40. The normalized spacial score (nSPS) is 11.4. The third-order valence-electron chi connectivity index (χ3n) is 2.13. The monoisotopic (exact) mass is 267 g/mol. The second kappa shape index (κ2) is 4.77. The lowest BCUT2D eigenvalue weighted by Gasteiger charge is -2.08. The van der Waals surface area contributed by atoms with Gasteiger partial charge in [-0.1, -0.05) is 12.1 Å². The molecule has 1 heterocycles. The van der Waals surface area contributed by atoms with Crippen LogP contribution in [0.15, 0.2) is 24.3 Å². The van der Waals surface area contributed by atoms with Gasteiger partial charge in [-0.05, 0) is 19.1 Å². The molecule has 18 heavy (non-hydrogen) atoms. The van der Waals surface area contributed by atoms with Gasteiger partial charge in [0, 0.05) is 0 Å². The Morgan fingerprint density at radius 3 is 2.67 bits per heavy atom. The average Bonchev–Trinajstić information content (AvgIpc) is 2.27. The van der Waals surface area contributed by atoms with Crippen LogP contribution in [0.4, 0.5) is 5.95 Å². The van der Waals surface area contributed by atoms with E-state index in [1.165, 1.54) is 0 Å². The van der Waals surface area contributed by atoms with Gasteiger partial charge < -0.3 is 4.74 Å². The van der Waals surface area contributed by atoms with Gasteiger partial charge in [-0.2, -0.15) is 4.98 Å². The molecule has 0 aliphatic rings. The summed E-state index contributed by atoms with van der Waals surface area (Å²) in [6, 6.07) is 7.25. The van der Waals surface area contributed by atoms with E-state index >= 15 is 0 Å². The van der Waals surface area contributed by atoms with Gasteiger partial charge in [0.25, 0.3) is 0 Å². The number of nitrogens with one attached hydrogen (secondary N) is 1. The summed E-state index contributed by atoms with van der Waals surface area (Å²) in [6.45, 7) is 2.28. The zero-order chi connectivity index (χ0) is 13.2. The number of aromatic nitrogens is 2. The van der Waals surface area contributed by atoms with Crippen LogP contribution in [0.25, 0.3) is 10.9 Å². The molecule has 0 saturated heterocycles. The quantitative estimate of drug-likeness (QED) is 0.905. The third-order valence-corrected chi connectivity index (χ3v) is 2.68. The molecule has 0 aliphatic heterocycles. The fourth-order valence-corrected chi connectivity index (χ4v) is 1.93. The van der Waals surface area contributed by atoms with Crippen molar-refractivity contribution in [2.24, 2.45) is 0 Å². The Balaban J connectivity index is 2.57. The molecule has 2 aromatic rings. The topological polar surface area (TPSA) is 81.2 Å². The number of anilines is 1. The highest BCUT2D eigenvalue weighted by Gasteiger charge is 2.10. The molecule has 0 unspecified atom stereocenters. The highest BCUT2D eigenvalue weighted by molar-refractivity contribution is 7.91. The summed E-state index contributed by atoms with van der Waals surface area (Å²) in [6.07, 6.45) is 1.05. The van der Waals surface area contributed by atoms with Crippen molar-refractivity contribution in [2.45, 2.75) is 6.92 Å².